The first-order valence-electron chi connectivity index (χ1n) is 8.18. The molecule has 0 saturated heterocycles. The van der Waals surface area contributed by atoms with Gasteiger partial charge in [0, 0.05) is 11.1 Å². The molecule has 0 unspecified atom stereocenters. The van der Waals surface area contributed by atoms with E-state index in [2.05, 4.69) is 61.6 Å². The highest BCUT2D eigenvalue weighted by Crippen LogP contribution is 2.33. The Hall–Kier alpha value is -2.44. The molecule has 0 amide bonds. The van der Waals surface area contributed by atoms with Gasteiger partial charge in [0.2, 0.25) is 0 Å². The van der Waals surface area contributed by atoms with Crippen molar-refractivity contribution in [2.24, 2.45) is 4.99 Å². The summed E-state index contributed by atoms with van der Waals surface area (Å²) in [5.74, 6) is 0.215. The fourth-order valence-electron chi connectivity index (χ4n) is 3.27. The van der Waals surface area contributed by atoms with Crippen molar-refractivity contribution < 1.29 is 0 Å². The summed E-state index contributed by atoms with van der Waals surface area (Å²) in [5, 5.41) is 8.66. The molecule has 2 aromatic carbocycles. The molecule has 1 aromatic heterocycles. The minimum Gasteiger partial charge on any atom is -0.307 e. The molecule has 4 nitrogen and oxygen atoms in total. The minimum absolute atomic E-state index is 0.172. The maximum Gasteiger partial charge on any atom is 0.305 e. The maximum absolute atomic E-state index is 11.7. The van der Waals surface area contributed by atoms with Crippen LogP contribution in [-0.4, -0.2) is 16.5 Å². The summed E-state index contributed by atoms with van der Waals surface area (Å²) in [5.41, 5.74) is 8.26. The summed E-state index contributed by atoms with van der Waals surface area (Å²) < 4.78 is 0. The molecule has 0 bridgehead atoms. The average molecular weight is 380 g/mol. The van der Waals surface area contributed by atoms with Crippen molar-refractivity contribution in [1.29, 1.82) is 5.41 Å². The Bertz CT molecular complexity index is 1170. The molecule has 2 heterocycles. The van der Waals surface area contributed by atoms with Crippen LogP contribution in [0, 0.1) is 26.2 Å². The second-order valence-electron chi connectivity index (χ2n) is 6.51. The van der Waals surface area contributed by atoms with E-state index in [0.717, 1.165) is 28.0 Å². The van der Waals surface area contributed by atoms with Gasteiger partial charge in [-0.25, -0.2) is 4.99 Å². The predicted octanol–water partition coefficient (Wildman–Crippen LogP) is 4.49. The van der Waals surface area contributed by atoms with Gasteiger partial charge in [0.05, 0.1) is 15.6 Å². The number of amidine groups is 1. The van der Waals surface area contributed by atoms with E-state index in [-0.39, 0.29) is 10.7 Å². The van der Waals surface area contributed by atoms with Crippen molar-refractivity contribution in [2.75, 3.05) is 0 Å². The maximum atomic E-state index is 11.7. The highest BCUT2D eigenvalue weighted by atomic mass is 32.1. The molecule has 0 aliphatic carbocycles. The van der Waals surface area contributed by atoms with E-state index in [9.17, 15) is 4.79 Å². The van der Waals surface area contributed by atoms with Crippen molar-refractivity contribution in [3.8, 4) is 11.1 Å². The molecule has 0 atom stereocenters. The molecule has 4 rings (SSSR count). The Morgan fingerprint density at radius 1 is 1.00 bits per heavy atom. The minimum atomic E-state index is -0.172. The van der Waals surface area contributed by atoms with Gasteiger partial charge in [-0.3, -0.25) is 10.2 Å². The van der Waals surface area contributed by atoms with Crippen LogP contribution in [0.3, 0.4) is 0 Å². The Morgan fingerprint density at radius 3 is 2.42 bits per heavy atom. The number of benzene rings is 2. The van der Waals surface area contributed by atoms with Gasteiger partial charge in [-0.15, -0.1) is 12.6 Å². The SMILES string of the molecule is Cc1cc(C)c(-c2ccc3c(c2)C(c2sc(=O)[nH]c2S)=NC3=N)cc1C. The van der Waals surface area contributed by atoms with E-state index in [4.69, 9.17) is 5.41 Å². The normalized spacial score (nSPS) is 13.1. The van der Waals surface area contributed by atoms with Gasteiger partial charge < -0.3 is 4.98 Å². The fourth-order valence-corrected chi connectivity index (χ4v) is 4.43. The molecular formula is C20H17N3OS2. The standard InChI is InChI=1S/C20H17N3OS2/c1-9-6-11(3)14(7-10(9)2)12-4-5-13-15(8-12)16(22-18(13)21)17-19(25)23-20(24)26-17/h4-8,21,25H,1-3H3,(H,23,24). The number of aromatic nitrogens is 1. The highest BCUT2D eigenvalue weighted by molar-refractivity contribution is 7.80. The van der Waals surface area contributed by atoms with Crippen LogP contribution in [-0.2, 0) is 0 Å². The zero-order chi connectivity index (χ0) is 18.6. The summed E-state index contributed by atoms with van der Waals surface area (Å²) in [6.45, 7) is 6.33. The zero-order valence-corrected chi connectivity index (χ0v) is 16.3. The van der Waals surface area contributed by atoms with E-state index in [1.807, 2.05) is 12.1 Å². The van der Waals surface area contributed by atoms with Crippen molar-refractivity contribution in [3.05, 3.63) is 72.7 Å². The fraction of sp³-hybridized carbons (Fsp3) is 0.150. The number of nitrogens with zero attached hydrogens (tertiary/aromatic N) is 1. The number of nitrogens with one attached hydrogen (secondary N) is 2. The van der Waals surface area contributed by atoms with Crippen molar-refractivity contribution in [3.63, 3.8) is 0 Å². The van der Waals surface area contributed by atoms with E-state index >= 15 is 0 Å². The number of fused-ring (bicyclic) bond motifs is 1. The van der Waals surface area contributed by atoms with Crippen molar-refractivity contribution in [1.82, 2.24) is 4.98 Å². The number of rotatable bonds is 2. The molecule has 0 fully saturated rings. The van der Waals surface area contributed by atoms with Gasteiger partial charge in [-0.2, -0.15) is 0 Å². The Kier molecular flexibility index (Phi) is 3.97. The molecule has 0 radical (unpaired) electrons. The number of aliphatic imine (C=N–C) groups is 1. The smallest absolute Gasteiger partial charge is 0.305 e. The van der Waals surface area contributed by atoms with Crippen LogP contribution in [0.2, 0.25) is 0 Å². The summed E-state index contributed by atoms with van der Waals surface area (Å²) >= 11 is 5.43. The molecule has 1 aliphatic rings. The Balaban J connectivity index is 1.90. The summed E-state index contributed by atoms with van der Waals surface area (Å²) in [6.07, 6.45) is 0. The van der Waals surface area contributed by atoms with Crippen LogP contribution < -0.4 is 4.87 Å². The number of hydrogen-bond donors (Lipinski definition) is 3. The molecule has 1 aliphatic heterocycles. The predicted molar refractivity (Wildman–Crippen MR) is 111 cm³/mol. The first kappa shape index (κ1) is 17.0. The monoisotopic (exact) mass is 379 g/mol. The average Bonchev–Trinajstić information content (AvgIpc) is 3.09. The van der Waals surface area contributed by atoms with E-state index in [0.29, 0.717) is 15.6 Å². The summed E-state index contributed by atoms with van der Waals surface area (Å²) in [4.78, 5) is 19.2. The molecule has 2 N–H and O–H groups in total. The topological polar surface area (TPSA) is 69.1 Å². The van der Waals surface area contributed by atoms with Crippen LogP contribution in [0.1, 0.15) is 32.7 Å². The van der Waals surface area contributed by atoms with E-state index < -0.39 is 0 Å². The van der Waals surface area contributed by atoms with E-state index in [1.165, 1.54) is 22.3 Å². The van der Waals surface area contributed by atoms with Gasteiger partial charge in [-0.05, 0) is 60.7 Å². The quantitative estimate of drug-likeness (QED) is 0.564. The number of aryl methyl sites for hydroxylation is 3. The van der Waals surface area contributed by atoms with Crippen LogP contribution in [0.15, 0.2) is 45.1 Å². The van der Waals surface area contributed by atoms with Gasteiger partial charge in [0.25, 0.3) is 0 Å². The third-order valence-electron chi connectivity index (χ3n) is 4.75. The lowest BCUT2D eigenvalue weighted by Crippen LogP contribution is -2.00. The third kappa shape index (κ3) is 2.66. The lowest BCUT2D eigenvalue weighted by atomic mass is 9.92. The number of hydrogen-bond acceptors (Lipinski definition) is 4. The zero-order valence-electron chi connectivity index (χ0n) is 14.6. The molecule has 6 heteroatoms. The lowest BCUT2D eigenvalue weighted by molar-refractivity contribution is 1.16. The largest absolute Gasteiger partial charge is 0.307 e. The summed E-state index contributed by atoms with van der Waals surface area (Å²) in [6, 6.07) is 10.4. The second-order valence-corrected chi connectivity index (χ2v) is 7.94. The molecule has 0 saturated carbocycles. The molecular weight excluding hydrogens is 362 g/mol. The first-order chi connectivity index (χ1) is 12.3. The van der Waals surface area contributed by atoms with Gasteiger partial charge in [0.1, 0.15) is 0 Å². The molecule has 0 spiro atoms. The van der Waals surface area contributed by atoms with Crippen LogP contribution >= 0.6 is 24.0 Å². The molecule has 130 valence electrons. The van der Waals surface area contributed by atoms with Crippen LogP contribution in [0.25, 0.3) is 11.1 Å². The highest BCUT2D eigenvalue weighted by Gasteiger charge is 2.25. The van der Waals surface area contributed by atoms with Crippen LogP contribution in [0.5, 0.6) is 0 Å². The van der Waals surface area contributed by atoms with Crippen LogP contribution in [0.4, 0.5) is 0 Å². The number of aromatic amines is 1. The van der Waals surface area contributed by atoms with Gasteiger partial charge in [0.15, 0.2) is 5.84 Å². The third-order valence-corrected chi connectivity index (χ3v) is 6.13. The van der Waals surface area contributed by atoms with Gasteiger partial charge in [-0.1, -0.05) is 29.5 Å². The molecule has 3 aromatic rings. The Labute approximate surface area is 160 Å². The van der Waals surface area contributed by atoms with Crippen molar-refractivity contribution >= 4 is 35.5 Å². The van der Waals surface area contributed by atoms with E-state index in [1.54, 1.807) is 0 Å². The second kappa shape index (κ2) is 6.07. The number of H-pyrrole nitrogens is 1. The summed E-state index contributed by atoms with van der Waals surface area (Å²) in [7, 11) is 0. The lowest BCUT2D eigenvalue weighted by Gasteiger charge is -2.12. The number of thiazole rings is 1. The first-order valence-corrected chi connectivity index (χ1v) is 9.44. The number of thiol groups is 1. The molecule has 26 heavy (non-hydrogen) atoms. The van der Waals surface area contributed by atoms with Crippen molar-refractivity contribution in [2.45, 2.75) is 25.8 Å². The Morgan fingerprint density at radius 2 is 1.73 bits per heavy atom. The van der Waals surface area contributed by atoms with Gasteiger partial charge >= 0.3 is 4.87 Å².